The molecule has 1 fully saturated rings. The van der Waals surface area contributed by atoms with Gasteiger partial charge in [-0.05, 0) is 12.8 Å². The van der Waals surface area contributed by atoms with E-state index in [1.54, 1.807) is 17.5 Å². The largest absolute Gasteiger partial charge is 0.355 e. The number of nitrogens with one attached hydrogen (secondary N) is 1. The van der Waals surface area contributed by atoms with E-state index >= 15 is 0 Å². The van der Waals surface area contributed by atoms with Crippen molar-refractivity contribution in [1.82, 2.24) is 10.3 Å². The zero-order valence-corrected chi connectivity index (χ0v) is 11.6. The first kappa shape index (κ1) is 13.5. The molecule has 1 aliphatic rings. The number of thiazole rings is 1. The van der Waals surface area contributed by atoms with E-state index in [1.807, 2.05) is 5.38 Å². The maximum atomic E-state index is 11.9. The second kappa shape index (κ2) is 5.80. The molecular formula is C13H21N3OS. The number of carbonyl (C=O) groups excluding carboxylic acids is 1. The van der Waals surface area contributed by atoms with Crippen LogP contribution in [-0.4, -0.2) is 23.0 Å². The Hall–Kier alpha value is -0.940. The summed E-state index contributed by atoms with van der Waals surface area (Å²) in [5.74, 6) is 0.342. The quantitative estimate of drug-likeness (QED) is 0.857. The van der Waals surface area contributed by atoms with Crippen LogP contribution in [0.2, 0.25) is 0 Å². The molecule has 5 heteroatoms. The monoisotopic (exact) mass is 267 g/mol. The molecule has 1 saturated carbocycles. The summed E-state index contributed by atoms with van der Waals surface area (Å²) >= 11 is 1.63. The minimum atomic E-state index is -0.255. The minimum Gasteiger partial charge on any atom is -0.355 e. The van der Waals surface area contributed by atoms with Gasteiger partial charge in [-0.15, -0.1) is 11.3 Å². The summed E-state index contributed by atoms with van der Waals surface area (Å²) in [5, 5.41) is 6.00. The maximum absolute atomic E-state index is 11.9. The van der Waals surface area contributed by atoms with E-state index in [9.17, 15) is 4.79 Å². The first-order valence-electron chi connectivity index (χ1n) is 6.54. The van der Waals surface area contributed by atoms with Crippen LogP contribution in [0.25, 0.3) is 0 Å². The molecule has 1 atom stereocenters. The maximum Gasteiger partial charge on any atom is 0.221 e. The van der Waals surface area contributed by atoms with Crippen molar-refractivity contribution < 1.29 is 4.79 Å². The van der Waals surface area contributed by atoms with Crippen LogP contribution in [0.5, 0.6) is 0 Å². The van der Waals surface area contributed by atoms with Crippen LogP contribution in [0.1, 0.15) is 50.0 Å². The van der Waals surface area contributed by atoms with Crippen molar-refractivity contribution in [2.45, 2.75) is 50.5 Å². The minimum absolute atomic E-state index is 0.0720. The lowest BCUT2D eigenvalue weighted by Gasteiger charge is -2.23. The van der Waals surface area contributed by atoms with Crippen molar-refractivity contribution in [3.05, 3.63) is 16.6 Å². The van der Waals surface area contributed by atoms with Crippen molar-refractivity contribution in [3.8, 4) is 0 Å². The Bertz CT molecular complexity index is 385. The molecule has 1 amide bonds. The lowest BCUT2D eigenvalue weighted by atomic mass is 9.94. The summed E-state index contributed by atoms with van der Waals surface area (Å²) in [4.78, 5) is 16.1. The molecule has 2 rings (SSSR count). The number of aromatic nitrogens is 1. The second-order valence-corrected chi connectivity index (χ2v) is 6.25. The molecule has 1 aromatic heterocycles. The van der Waals surface area contributed by atoms with Gasteiger partial charge in [0.1, 0.15) is 0 Å². The smallest absolute Gasteiger partial charge is 0.221 e. The number of hydrogen-bond donors (Lipinski definition) is 2. The highest BCUT2D eigenvalue weighted by molar-refractivity contribution is 7.09. The summed E-state index contributed by atoms with van der Waals surface area (Å²) < 4.78 is 0. The van der Waals surface area contributed by atoms with E-state index < -0.39 is 0 Å². The summed E-state index contributed by atoms with van der Waals surface area (Å²) in [6.07, 6.45) is 6.51. The molecule has 0 bridgehead atoms. The Morgan fingerprint density at radius 1 is 1.61 bits per heavy atom. The number of rotatable bonds is 5. The highest BCUT2D eigenvalue weighted by atomic mass is 32.1. The zero-order valence-electron chi connectivity index (χ0n) is 10.8. The average Bonchev–Trinajstić information content (AvgIpc) is 2.97. The number of nitrogens with two attached hydrogens (primary N) is 1. The SMILES string of the molecule is CC(CNC(=O)CC1(N)CCCC1)c1nccs1. The molecule has 0 spiro atoms. The van der Waals surface area contributed by atoms with E-state index in [-0.39, 0.29) is 17.4 Å². The highest BCUT2D eigenvalue weighted by Crippen LogP contribution is 2.29. The predicted molar refractivity (Wildman–Crippen MR) is 73.5 cm³/mol. The molecule has 1 heterocycles. The topological polar surface area (TPSA) is 68.0 Å². The van der Waals surface area contributed by atoms with E-state index in [0.29, 0.717) is 13.0 Å². The van der Waals surface area contributed by atoms with E-state index in [2.05, 4.69) is 17.2 Å². The highest BCUT2D eigenvalue weighted by Gasteiger charge is 2.31. The molecule has 1 aromatic rings. The predicted octanol–water partition coefficient (Wildman–Crippen LogP) is 2.02. The van der Waals surface area contributed by atoms with Gasteiger partial charge < -0.3 is 11.1 Å². The van der Waals surface area contributed by atoms with E-state index in [4.69, 9.17) is 5.73 Å². The van der Waals surface area contributed by atoms with Crippen LogP contribution in [0.15, 0.2) is 11.6 Å². The number of amides is 1. The summed E-state index contributed by atoms with van der Waals surface area (Å²) in [5.41, 5.74) is 5.93. The van der Waals surface area contributed by atoms with Crippen LogP contribution in [0.3, 0.4) is 0 Å². The van der Waals surface area contributed by atoms with Crippen molar-refractivity contribution in [2.75, 3.05) is 6.54 Å². The fraction of sp³-hybridized carbons (Fsp3) is 0.692. The number of hydrogen-bond acceptors (Lipinski definition) is 4. The van der Waals surface area contributed by atoms with Crippen LogP contribution in [0, 0.1) is 0 Å². The third-order valence-corrected chi connectivity index (χ3v) is 4.60. The van der Waals surface area contributed by atoms with E-state index in [1.165, 1.54) is 0 Å². The Balaban J connectivity index is 1.75. The van der Waals surface area contributed by atoms with Gasteiger partial charge in [0.15, 0.2) is 0 Å². The number of nitrogens with zero attached hydrogens (tertiary/aromatic N) is 1. The van der Waals surface area contributed by atoms with Gasteiger partial charge in [-0.3, -0.25) is 4.79 Å². The van der Waals surface area contributed by atoms with Crippen molar-refractivity contribution in [2.24, 2.45) is 5.73 Å². The molecule has 3 N–H and O–H groups in total. The Morgan fingerprint density at radius 2 is 2.33 bits per heavy atom. The van der Waals surface area contributed by atoms with Gasteiger partial charge in [0.2, 0.25) is 5.91 Å². The lowest BCUT2D eigenvalue weighted by Crippen LogP contribution is -2.42. The fourth-order valence-electron chi connectivity index (χ4n) is 2.47. The average molecular weight is 267 g/mol. The van der Waals surface area contributed by atoms with Gasteiger partial charge >= 0.3 is 0 Å². The molecule has 0 saturated heterocycles. The molecule has 18 heavy (non-hydrogen) atoms. The van der Waals surface area contributed by atoms with Crippen LogP contribution in [0.4, 0.5) is 0 Å². The zero-order chi connectivity index (χ0) is 13.0. The normalized spacial score (nSPS) is 19.7. The number of carbonyl (C=O) groups is 1. The summed E-state index contributed by atoms with van der Waals surface area (Å²) in [6.45, 7) is 2.72. The molecule has 4 nitrogen and oxygen atoms in total. The van der Waals surface area contributed by atoms with Gasteiger partial charge in [0.05, 0.1) is 5.01 Å². The molecule has 0 aliphatic heterocycles. The molecule has 100 valence electrons. The first-order valence-corrected chi connectivity index (χ1v) is 7.42. The Labute approximate surface area is 112 Å². The molecule has 1 unspecified atom stereocenters. The Morgan fingerprint density at radius 3 is 2.94 bits per heavy atom. The third-order valence-electron chi connectivity index (χ3n) is 3.59. The van der Waals surface area contributed by atoms with E-state index in [0.717, 1.165) is 30.7 Å². The van der Waals surface area contributed by atoms with Gasteiger partial charge in [0.25, 0.3) is 0 Å². The first-order chi connectivity index (χ1) is 8.59. The van der Waals surface area contributed by atoms with Crippen molar-refractivity contribution >= 4 is 17.2 Å². The van der Waals surface area contributed by atoms with Gasteiger partial charge in [-0.2, -0.15) is 0 Å². The fourth-order valence-corrected chi connectivity index (χ4v) is 3.17. The molecule has 0 radical (unpaired) electrons. The van der Waals surface area contributed by atoms with Crippen LogP contribution >= 0.6 is 11.3 Å². The standard InChI is InChI=1S/C13H21N3OS/c1-10(12-15-6-7-18-12)9-16-11(17)8-13(14)4-2-3-5-13/h6-7,10H,2-5,8-9,14H2,1H3,(H,16,17). The Kier molecular flexibility index (Phi) is 4.35. The second-order valence-electron chi connectivity index (χ2n) is 5.32. The molecule has 0 aromatic carbocycles. The molecular weight excluding hydrogens is 246 g/mol. The lowest BCUT2D eigenvalue weighted by molar-refractivity contribution is -0.122. The summed E-state index contributed by atoms with van der Waals surface area (Å²) in [7, 11) is 0. The summed E-state index contributed by atoms with van der Waals surface area (Å²) in [6, 6.07) is 0. The van der Waals surface area contributed by atoms with Gasteiger partial charge in [-0.1, -0.05) is 19.8 Å². The van der Waals surface area contributed by atoms with Gasteiger partial charge in [-0.25, -0.2) is 4.98 Å². The third kappa shape index (κ3) is 3.53. The van der Waals surface area contributed by atoms with Gasteiger partial charge in [0, 0.05) is 36.0 Å². The van der Waals surface area contributed by atoms with Crippen LogP contribution < -0.4 is 11.1 Å². The van der Waals surface area contributed by atoms with Crippen LogP contribution in [-0.2, 0) is 4.79 Å². The molecule has 1 aliphatic carbocycles. The van der Waals surface area contributed by atoms with Crippen molar-refractivity contribution in [3.63, 3.8) is 0 Å². The van der Waals surface area contributed by atoms with Crippen molar-refractivity contribution in [1.29, 1.82) is 0 Å².